The third kappa shape index (κ3) is 4.28. The number of hydrogen-bond donors (Lipinski definition) is 1. The molecule has 130 valence electrons. The maximum Gasteiger partial charge on any atom is 0.260 e. The third-order valence-electron chi connectivity index (χ3n) is 3.90. The zero-order chi connectivity index (χ0) is 17.8. The van der Waals surface area contributed by atoms with Gasteiger partial charge in [0, 0.05) is 23.8 Å². The Balaban J connectivity index is 1.43. The number of para-hydroxylation sites is 1. The molecule has 1 aliphatic heterocycles. The Hall–Kier alpha value is -2.60. The van der Waals surface area contributed by atoms with E-state index in [4.69, 9.17) is 16.3 Å². The summed E-state index contributed by atoms with van der Waals surface area (Å²) in [4.78, 5) is 25.6. The Morgan fingerprint density at radius 3 is 2.52 bits per heavy atom. The summed E-state index contributed by atoms with van der Waals surface area (Å²) in [6, 6.07) is 12.7. The molecule has 0 aromatic heterocycles. The number of hydrogen-bond acceptors (Lipinski definition) is 3. The monoisotopic (exact) mass is 362 g/mol. The normalized spacial score (nSPS) is 13.9. The summed E-state index contributed by atoms with van der Waals surface area (Å²) in [5.74, 6) is -1.18. The second-order valence-corrected chi connectivity index (χ2v) is 6.15. The average Bonchev–Trinajstić information content (AvgIpc) is 2.55. The predicted octanol–water partition coefficient (Wildman–Crippen LogP) is 2.96. The minimum absolute atomic E-state index is 0.0356. The van der Waals surface area contributed by atoms with Crippen molar-refractivity contribution < 1.29 is 18.7 Å². The van der Waals surface area contributed by atoms with Crippen molar-refractivity contribution in [1.29, 1.82) is 0 Å². The molecule has 25 heavy (non-hydrogen) atoms. The third-order valence-corrected chi connectivity index (χ3v) is 4.16. The highest BCUT2D eigenvalue weighted by molar-refractivity contribution is 6.30. The Morgan fingerprint density at radius 2 is 1.84 bits per heavy atom. The van der Waals surface area contributed by atoms with E-state index in [0.29, 0.717) is 23.8 Å². The first-order valence-electron chi connectivity index (χ1n) is 7.74. The predicted molar refractivity (Wildman–Crippen MR) is 92.0 cm³/mol. The van der Waals surface area contributed by atoms with E-state index >= 15 is 0 Å². The summed E-state index contributed by atoms with van der Waals surface area (Å²) in [6.07, 6.45) is 0. The molecule has 0 bridgehead atoms. The number of carbonyl (C=O) groups is 2. The van der Waals surface area contributed by atoms with Gasteiger partial charge < -0.3 is 15.0 Å². The molecule has 1 N–H and O–H groups in total. The topological polar surface area (TPSA) is 58.6 Å². The molecule has 0 radical (unpaired) electrons. The van der Waals surface area contributed by atoms with Gasteiger partial charge in [-0.3, -0.25) is 9.59 Å². The molecular formula is C18H16ClFN2O3. The van der Waals surface area contributed by atoms with Crippen LogP contribution in [0.3, 0.4) is 0 Å². The number of nitrogens with one attached hydrogen (secondary N) is 1. The van der Waals surface area contributed by atoms with Crippen molar-refractivity contribution in [2.24, 2.45) is 5.92 Å². The molecule has 2 aromatic rings. The number of ether oxygens (including phenoxy) is 1. The highest BCUT2D eigenvalue weighted by atomic mass is 35.5. The SMILES string of the molecule is O=C(Nc1ccc(Cl)cc1)C1CN(C(=O)COc2ccccc2F)C1. The molecule has 0 saturated carbocycles. The second kappa shape index (κ2) is 7.53. The Morgan fingerprint density at radius 1 is 1.16 bits per heavy atom. The van der Waals surface area contributed by atoms with Crippen LogP contribution in [-0.4, -0.2) is 36.4 Å². The van der Waals surface area contributed by atoms with Gasteiger partial charge in [0.15, 0.2) is 18.2 Å². The van der Waals surface area contributed by atoms with Crippen LogP contribution >= 0.6 is 11.6 Å². The first kappa shape index (κ1) is 17.2. The molecular weight excluding hydrogens is 347 g/mol. The molecule has 0 aliphatic carbocycles. The fraction of sp³-hybridized carbons (Fsp3) is 0.222. The molecule has 5 nitrogen and oxygen atoms in total. The Kier molecular flexibility index (Phi) is 5.19. The quantitative estimate of drug-likeness (QED) is 0.889. The molecule has 3 rings (SSSR count). The molecule has 2 amide bonds. The molecule has 1 heterocycles. The van der Waals surface area contributed by atoms with Gasteiger partial charge in [0.05, 0.1) is 5.92 Å². The highest BCUT2D eigenvalue weighted by Crippen LogP contribution is 2.20. The summed E-state index contributed by atoms with van der Waals surface area (Å²) in [5, 5.41) is 3.37. The fourth-order valence-electron chi connectivity index (χ4n) is 2.42. The smallest absolute Gasteiger partial charge is 0.260 e. The van der Waals surface area contributed by atoms with Crippen LogP contribution in [0, 0.1) is 11.7 Å². The van der Waals surface area contributed by atoms with Gasteiger partial charge in [-0.1, -0.05) is 23.7 Å². The zero-order valence-electron chi connectivity index (χ0n) is 13.2. The number of anilines is 1. The molecule has 2 aromatic carbocycles. The number of benzene rings is 2. The number of nitrogens with zero attached hydrogens (tertiary/aromatic N) is 1. The fourth-order valence-corrected chi connectivity index (χ4v) is 2.54. The Bertz CT molecular complexity index is 776. The van der Waals surface area contributed by atoms with Crippen LogP contribution in [0.5, 0.6) is 5.75 Å². The summed E-state index contributed by atoms with van der Waals surface area (Å²) in [6.45, 7) is 0.379. The maximum atomic E-state index is 13.4. The lowest BCUT2D eigenvalue weighted by molar-refractivity contribution is -0.143. The van der Waals surface area contributed by atoms with Crippen molar-refractivity contribution in [1.82, 2.24) is 4.90 Å². The lowest BCUT2D eigenvalue weighted by Crippen LogP contribution is -2.55. The van der Waals surface area contributed by atoms with Crippen LogP contribution in [0.4, 0.5) is 10.1 Å². The van der Waals surface area contributed by atoms with Gasteiger partial charge in [0.25, 0.3) is 5.91 Å². The van der Waals surface area contributed by atoms with E-state index in [-0.39, 0.29) is 30.1 Å². The maximum absolute atomic E-state index is 13.4. The first-order valence-corrected chi connectivity index (χ1v) is 8.12. The number of amides is 2. The molecule has 1 saturated heterocycles. The van der Waals surface area contributed by atoms with Gasteiger partial charge >= 0.3 is 0 Å². The second-order valence-electron chi connectivity index (χ2n) is 5.71. The van der Waals surface area contributed by atoms with E-state index in [1.54, 1.807) is 36.4 Å². The van der Waals surface area contributed by atoms with Gasteiger partial charge in [0.2, 0.25) is 5.91 Å². The molecule has 0 unspecified atom stereocenters. The van der Waals surface area contributed by atoms with Crippen LogP contribution in [-0.2, 0) is 9.59 Å². The van der Waals surface area contributed by atoms with Crippen molar-refractivity contribution in [2.45, 2.75) is 0 Å². The minimum atomic E-state index is -0.515. The lowest BCUT2D eigenvalue weighted by Gasteiger charge is -2.38. The van der Waals surface area contributed by atoms with Gasteiger partial charge in [-0.25, -0.2) is 4.39 Å². The molecule has 1 aliphatic rings. The van der Waals surface area contributed by atoms with E-state index in [1.807, 2.05) is 0 Å². The number of rotatable bonds is 5. The standard InChI is InChI=1S/C18H16ClFN2O3/c19-13-5-7-14(8-6-13)21-18(24)12-9-22(10-12)17(23)11-25-16-4-2-1-3-15(16)20/h1-8,12H,9-11H2,(H,21,24). The van der Waals surface area contributed by atoms with Crippen LogP contribution in [0.1, 0.15) is 0 Å². The van der Waals surface area contributed by atoms with Crippen molar-refractivity contribution in [2.75, 3.05) is 25.0 Å². The van der Waals surface area contributed by atoms with E-state index in [0.717, 1.165) is 0 Å². The highest BCUT2D eigenvalue weighted by Gasteiger charge is 2.35. The van der Waals surface area contributed by atoms with Crippen LogP contribution in [0.2, 0.25) is 5.02 Å². The lowest BCUT2D eigenvalue weighted by atomic mass is 9.99. The van der Waals surface area contributed by atoms with Gasteiger partial charge in [-0.2, -0.15) is 0 Å². The number of likely N-dealkylation sites (tertiary alicyclic amines) is 1. The molecule has 0 atom stereocenters. The summed E-state index contributed by atoms with van der Waals surface area (Å²) >= 11 is 5.79. The average molecular weight is 363 g/mol. The largest absolute Gasteiger partial charge is 0.481 e. The van der Waals surface area contributed by atoms with Crippen LogP contribution in [0.25, 0.3) is 0 Å². The van der Waals surface area contributed by atoms with Gasteiger partial charge in [-0.05, 0) is 36.4 Å². The van der Waals surface area contributed by atoms with Crippen LogP contribution in [0.15, 0.2) is 48.5 Å². The summed E-state index contributed by atoms with van der Waals surface area (Å²) in [5.41, 5.74) is 0.655. The van der Waals surface area contributed by atoms with E-state index in [2.05, 4.69) is 5.32 Å². The van der Waals surface area contributed by atoms with Gasteiger partial charge in [-0.15, -0.1) is 0 Å². The number of halogens is 2. The minimum Gasteiger partial charge on any atom is -0.481 e. The van der Waals surface area contributed by atoms with E-state index < -0.39 is 5.82 Å². The summed E-state index contributed by atoms with van der Waals surface area (Å²) in [7, 11) is 0. The number of carbonyl (C=O) groups excluding carboxylic acids is 2. The molecule has 7 heteroatoms. The Labute approximate surface area is 149 Å². The van der Waals surface area contributed by atoms with E-state index in [1.165, 1.54) is 17.0 Å². The zero-order valence-corrected chi connectivity index (χ0v) is 14.0. The first-order chi connectivity index (χ1) is 12.0. The van der Waals surface area contributed by atoms with Crippen LogP contribution < -0.4 is 10.1 Å². The summed E-state index contributed by atoms with van der Waals surface area (Å²) < 4.78 is 18.6. The van der Waals surface area contributed by atoms with Crippen molar-refractivity contribution >= 4 is 29.1 Å². The molecule has 0 spiro atoms. The van der Waals surface area contributed by atoms with Gasteiger partial charge in [0.1, 0.15) is 0 Å². The molecule has 1 fully saturated rings. The van der Waals surface area contributed by atoms with Crippen molar-refractivity contribution in [3.63, 3.8) is 0 Å². The van der Waals surface area contributed by atoms with Crippen molar-refractivity contribution in [3.05, 3.63) is 59.4 Å². The van der Waals surface area contributed by atoms with Crippen molar-refractivity contribution in [3.8, 4) is 5.75 Å². The van der Waals surface area contributed by atoms with E-state index in [9.17, 15) is 14.0 Å².